The molecule has 0 saturated heterocycles. The third-order valence-electron chi connectivity index (χ3n) is 10.1. The van der Waals surface area contributed by atoms with Gasteiger partial charge in [-0.3, -0.25) is 0 Å². The minimum atomic E-state index is 0.709. The number of hydrogen-bond acceptors (Lipinski definition) is 0. The van der Waals surface area contributed by atoms with Crippen LogP contribution in [0.5, 0.6) is 0 Å². The second-order valence-corrected chi connectivity index (χ2v) is 12.3. The zero-order chi connectivity index (χ0) is 21.8. The molecule has 6 atom stereocenters. The number of unbranched alkanes of at least 4 members (excludes halogenated alkanes) is 1. The van der Waals surface area contributed by atoms with E-state index in [1.54, 1.807) is 12.0 Å². The monoisotopic (exact) mass is 422 g/mol. The summed E-state index contributed by atoms with van der Waals surface area (Å²) in [5.74, 6) is 5.29. The van der Waals surface area contributed by atoms with Crippen molar-refractivity contribution < 1.29 is 0 Å². The molecule has 0 amide bonds. The van der Waals surface area contributed by atoms with Gasteiger partial charge in [-0.05, 0) is 106 Å². The molecule has 6 unspecified atom stereocenters. The lowest BCUT2D eigenvalue weighted by Gasteiger charge is -2.39. The Morgan fingerprint density at radius 2 is 1.90 bits per heavy atom. The normalized spacial score (nSPS) is 35.9. The van der Waals surface area contributed by atoms with Crippen LogP contribution >= 0.6 is 0 Å². The Bertz CT molecular complexity index is 670. The molecule has 2 fully saturated rings. The number of rotatable bonds is 7. The van der Waals surface area contributed by atoms with Gasteiger partial charge in [0.2, 0.25) is 0 Å². The maximum atomic E-state index is 2.80. The van der Waals surface area contributed by atoms with Crippen molar-refractivity contribution in [3.63, 3.8) is 0 Å². The molecule has 31 heavy (non-hydrogen) atoms. The third kappa shape index (κ3) is 5.42. The fraction of sp³-hybridized carbons (Fsp3) is 0.806. The molecule has 2 saturated carbocycles. The van der Waals surface area contributed by atoms with Crippen molar-refractivity contribution in [3.8, 4) is 0 Å². The SMILES string of the molecule is CCC1C=C(CCCCC(C)C2C=CC=C(C)C2)C2CC3(CCCCC3)CCC(C)C12. The second-order valence-electron chi connectivity index (χ2n) is 12.3. The smallest absolute Gasteiger partial charge is 0.0161 e. The summed E-state index contributed by atoms with van der Waals surface area (Å²) in [4.78, 5) is 0. The van der Waals surface area contributed by atoms with Gasteiger partial charge in [0.15, 0.2) is 0 Å². The van der Waals surface area contributed by atoms with Crippen LogP contribution in [0.15, 0.2) is 35.5 Å². The molecule has 0 aromatic heterocycles. The minimum Gasteiger partial charge on any atom is -0.0816 e. The first-order valence-corrected chi connectivity index (χ1v) is 14.1. The molecule has 4 aliphatic rings. The maximum Gasteiger partial charge on any atom is -0.0161 e. The summed E-state index contributed by atoms with van der Waals surface area (Å²) in [5, 5.41) is 0. The second kappa shape index (κ2) is 10.4. The highest BCUT2D eigenvalue weighted by molar-refractivity contribution is 5.21. The Hall–Kier alpha value is -0.780. The lowest BCUT2D eigenvalue weighted by atomic mass is 9.66. The molecule has 0 bridgehead atoms. The average Bonchev–Trinajstić information content (AvgIpc) is 3.05. The Balaban J connectivity index is 1.34. The van der Waals surface area contributed by atoms with E-state index in [4.69, 9.17) is 0 Å². The summed E-state index contributed by atoms with van der Waals surface area (Å²) in [5.41, 5.74) is 4.17. The van der Waals surface area contributed by atoms with Crippen LogP contribution in [0, 0.1) is 40.9 Å². The van der Waals surface area contributed by atoms with Crippen molar-refractivity contribution in [1.29, 1.82) is 0 Å². The van der Waals surface area contributed by atoms with Crippen LogP contribution in [0.1, 0.15) is 118 Å². The topological polar surface area (TPSA) is 0 Å². The summed E-state index contributed by atoms with van der Waals surface area (Å²) < 4.78 is 0. The van der Waals surface area contributed by atoms with Crippen LogP contribution in [0.3, 0.4) is 0 Å². The quantitative estimate of drug-likeness (QED) is 0.283. The molecule has 0 nitrogen and oxygen atoms in total. The van der Waals surface area contributed by atoms with Gasteiger partial charge in [-0.2, -0.15) is 0 Å². The van der Waals surface area contributed by atoms with Crippen LogP contribution in [-0.4, -0.2) is 0 Å². The molecular weight excluding hydrogens is 372 g/mol. The van der Waals surface area contributed by atoms with E-state index in [-0.39, 0.29) is 0 Å². The molecular formula is C31H50. The van der Waals surface area contributed by atoms with E-state index in [0.717, 1.165) is 35.5 Å². The molecule has 0 aromatic carbocycles. The van der Waals surface area contributed by atoms with Gasteiger partial charge in [-0.25, -0.2) is 0 Å². The lowest BCUT2D eigenvalue weighted by molar-refractivity contribution is 0.136. The Morgan fingerprint density at radius 1 is 1.10 bits per heavy atom. The Morgan fingerprint density at radius 3 is 2.65 bits per heavy atom. The number of allylic oxidation sites excluding steroid dienone is 6. The largest absolute Gasteiger partial charge is 0.0816 e. The lowest BCUT2D eigenvalue weighted by Crippen LogP contribution is -2.28. The first-order valence-electron chi connectivity index (χ1n) is 14.1. The van der Waals surface area contributed by atoms with E-state index in [0.29, 0.717) is 5.41 Å². The molecule has 174 valence electrons. The molecule has 0 heteroatoms. The van der Waals surface area contributed by atoms with Gasteiger partial charge < -0.3 is 0 Å². The zero-order valence-corrected chi connectivity index (χ0v) is 21.2. The first kappa shape index (κ1) is 23.4. The highest BCUT2D eigenvalue weighted by Crippen LogP contribution is 2.57. The minimum absolute atomic E-state index is 0.709. The zero-order valence-electron chi connectivity index (χ0n) is 21.2. The fourth-order valence-corrected chi connectivity index (χ4v) is 8.12. The van der Waals surface area contributed by atoms with Gasteiger partial charge in [0.05, 0.1) is 0 Å². The van der Waals surface area contributed by atoms with E-state index in [9.17, 15) is 0 Å². The van der Waals surface area contributed by atoms with Crippen molar-refractivity contribution in [2.45, 2.75) is 118 Å². The molecule has 0 heterocycles. The van der Waals surface area contributed by atoms with Gasteiger partial charge >= 0.3 is 0 Å². The third-order valence-corrected chi connectivity index (χ3v) is 10.1. The van der Waals surface area contributed by atoms with Gasteiger partial charge in [-0.1, -0.05) is 88.3 Å². The van der Waals surface area contributed by atoms with E-state index < -0.39 is 0 Å². The summed E-state index contributed by atoms with van der Waals surface area (Å²) >= 11 is 0. The molecule has 0 aromatic rings. The molecule has 0 aliphatic heterocycles. The van der Waals surface area contributed by atoms with Crippen molar-refractivity contribution in [1.82, 2.24) is 0 Å². The van der Waals surface area contributed by atoms with Crippen LogP contribution in [-0.2, 0) is 0 Å². The Labute approximate surface area is 194 Å². The van der Waals surface area contributed by atoms with Crippen molar-refractivity contribution in [3.05, 3.63) is 35.5 Å². The summed E-state index contributed by atoms with van der Waals surface area (Å²) in [6.07, 6.45) is 30.3. The molecule has 0 radical (unpaired) electrons. The summed E-state index contributed by atoms with van der Waals surface area (Å²) in [7, 11) is 0. The van der Waals surface area contributed by atoms with Crippen molar-refractivity contribution in [2.75, 3.05) is 0 Å². The molecule has 4 aliphatic carbocycles. The highest BCUT2D eigenvalue weighted by Gasteiger charge is 2.46. The Kier molecular flexibility index (Phi) is 7.87. The fourth-order valence-electron chi connectivity index (χ4n) is 8.12. The number of fused-ring (bicyclic) bond motifs is 1. The predicted octanol–water partition coefficient (Wildman–Crippen LogP) is 9.67. The summed E-state index contributed by atoms with van der Waals surface area (Å²) in [6.45, 7) is 9.84. The van der Waals surface area contributed by atoms with Crippen LogP contribution in [0.25, 0.3) is 0 Å². The van der Waals surface area contributed by atoms with Gasteiger partial charge in [0.1, 0.15) is 0 Å². The van der Waals surface area contributed by atoms with E-state index in [1.165, 1.54) is 83.5 Å². The van der Waals surface area contributed by atoms with Crippen LogP contribution < -0.4 is 0 Å². The van der Waals surface area contributed by atoms with Gasteiger partial charge in [0.25, 0.3) is 0 Å². The maximum absolute atomic E-state index is 2.80. The number of hydrogen-bond donors (Lipinski definition) is 0. The highest BCUT2D eigenvalue weighted by atomic mass is 14.5. The average molecular weight is 423 g/mol. The standard InChI is InChI=1S/C31H50/c1-5-26-21-28(14-8-7-13-24(3)27-15-11-12-23(2)20-27)29-22-31(17-9-6-10-18-31)19-16-25(4)30(26)29/h11-12,15,21,24-27,29-30H,5-10,13-14,16-20,22H2,1-4H3. The van der Waals surface area contributed by atoms with Crippen molar-refractivity contribution in [2.24, 2.45) is 40.9 Å². The van der Waals surface area contributed by atoms with Gasteiger partial charge in [0, 0.05) is 0 Å². The molecule has 4 rings (SSSR count). The summed E-state index contributed by atoms with van der Waals surface area (Å²) in [6, 6.07) is 0. The van der Waals surface area contributed by atoms with Gasteiger partial charge in [-0.15, -0.1) is 0 Å². The van der Waals surface area contributed by atoms with Crippen molar-refractivity contribution >= 4 is 0 Å². The molecule has 0 N–H and O–H groups in total. The predicted molar refractivity (Wildman–Crippen MR) is 136 cm³/mol. The van der Waals surface area contributed by atoms with E-state index in [1.807, 2.05) is 5.57 Å². The first-order chi connectivity index (χ1) is 15.0. The van der Waals surface area contributed by atoms with E-state index in [2.05, 4.69) is 52.0 Å². The molecule has 1 spiro atoms. The van der Waals surface area contributed by atoms with E-state index >= 15 is 0 Å². The van der Waals surface area contributed by atoms with Crippen LogP contribution in [0.4, 0.5) is 0 Å². The van der Waals surface area contributed by atoms with Crippen LogP contribution in [0.2, 0.25) is 0 Å².